The average molecular weight is 269 g/mol. The minimum Gasteiger partial charge on any atom is -0.392 e. The van der Waals surface area contributed by atoms with Gasteiger partial charge in [-0.25, -0.2) is 0 Å². The van der Waals surface area contributed by atoms with Crippen molar-refractivity contribution in [3.8, 4) is 0 Å². The van der Waals surface area contributed by atoms with Crippen molar-refractivity contribution >= 4 is 17.5 Å². The van der Waals surface area contributed by atoms with E-state index in [0.717, 1.165) is 18.5 Å². The third-order valence-electron chi connectivity index (χ3n) is 3.30. The number of β-amino-alcohol motifs (C(OH)–C–C–N with tert-alkyl or cyclic N) is 1. The quantitative estimate of drug-likeness (QED) is 0.855. The average Bonchev–Trinajstić information content (AvgIpc) is 2.73. The molecule has 0 aromatic heterocycles. The molecule has 5 heteroatoms. The van der Waals surface area contributed by atoms with Crippen LogP contribution in [-0.2, 0) is 4.79 Å². The molecule has 0 bridgehead atoms. The molecule has 1 saturated heterocycles. The number of carbonyl (C=O) groups excluding carboxylic acids is 1. The molecule has 2 rings (SSSR count). The Morgan fingerprint density at radius 3 is 2.67 bits per heavy atom. The Hall–Kier alpha value is -1.10. The molecule has 3 N–H and O–H groups in total. The maximum absolute atomic E-state index is 11.6. The van der Waals surface area contributed by atoms with Crippen molar-refractivity contribution in [2.75, 3.05) is 19.6 Å². The van der Waals surface area contributed by atoms with Gasteiger partial charge in [0.05, 0.1) is 12.0 Å². The molecular formula is C13H17ClN2O2. The van der Waals surface area contributed by atoms with Crippen LogP contribution in [-0.4, -0.2) is 41.7 Å². The molecule has 0 aliphatic carbocycles. The van der Waals surface area contributed by atoms with Gasteiger partial charge in [0.2, 0.25) is 5.91 Å². The number of amides is 1. The van der Waals surface area contributed by atoms with Crippen LogP contribution in [0.15, 0.2) is 24.3 Å². The molecule has 1 amide bonds. The maximum Gasteiger partial charge on any atom is 0.226 e. The molecule has 98 valence electrons. The molecule has 2 atom stereocenters. The molecule has 1 unspecified atom stereocenters. The normalized spacial score (nSPS) is 22.0. The number of nitrogens with zero attached hydrogens (tertiary/aromatic N) is 1. The summed E-state index contributed by atoms with van der Waals surface area (Å²) in [4.78, 5) is 13.6. The minimum absolute atomic E-state index is 0.288. The van der Waals surface area contributed by atoms with Gasteiger partial charge in [-0.15, -0.1) is 0 Å². The highest BCUT2D eigenvalue weighted by molar-refractivity contribution is 6.30. The first kappa shape index (κ1) is 13.3. The van der Waals surface area contributed by atoms with Crippen LogP contribution in [0.5, 0.6) is 0 Å². The van der Waals surface area contributed by atoms with Crippen molar-refractivity contribution in [1.82, 2.24) is 4.90 Å². The number of carbonyl (C=O) groups is 1. The van der Waals surface area contributed by atoms with Crippen molar-refractivity contribution < 1.29 is 9.90 Å². The predicted octanol–water partition coefficient (Wildman–Crippen LogP) is 0.976. The van der Waals surface area contributed by atoms with Gasteiger partial charge in [0.1, 0.15) is 0 Å². The Bertz CT molecular complexity index is 422. The zero-order valence-electron chi connectivity index (χ0n) is 10.1. The molecule has 0 saturated carbocycles. The van der Waals surface area contributed by atoms with Crippen LogP contribution in [0.2, 0.25) is 5.02 Å². The van der Waals surface area contributed by atoms with Crippen LogP contribution < -0.4 is 5.73 Å². The monoisotopic (exact) mass is 268 g/mol. The topological polar surface area (TPSA) is 66.6 Å². The molecule has 18 heavy (non-hydrogen) atoms. The fourth-order valence-corrected chi connectivity index (χ4v) is 2.42. The summed E-state index contributed by atoms with van der Waals surface area (Å²) < 4.78 is 0. The SMILES string of the molecule is NC(=O)[C@@H](CN1CCC(O)C1)c1ccc(Cl)cc1. The Balaban J connectivity index is 2.08. The molecule has 1 aromatic rings. The number of aliphatic hydroxyl groups is 1. The summed E-state index contributed by atoms with van der Waals surface area (Å²) in [7, 11) is 0. The van der Waals surface area contributed by atoms with Crippen LogP contribution in [0.1, 0.15) is 17.9 Å². The summed E-state index contributed by atoms with van der Waals surface area (Å²) >= 11 is 5.83. The zero-order valence-corrected chi connectivity index (χ0v) is 10.8. The van der Waals surface area contributed by atoms with Crippen molar-refractivity contribution in [2.24, 2.45) is 5.73 Å². The summed E-state index contributed by atoms with van der Waals surface area (Å²) in [6.07, 6.45) is 0.468. The summed E-state index contributed by atoms with van der Waals surface area (Å²) in [5.74, 6) is -0.703. The zero-order chi connectivity index (χ0) is 13.1. The lowest BCUT2D eigenvalue weighted by Gasteiger charge is -2.21. The second-order valence-corrected chi connectivity index (χ2v) is 5.15. The van der Waals surface area contributed by atoms with Gasteiger partial charge in [0.25, 0.3) is 0 Å². The lowest BCUT2D eigenvalue weighted by Crippen LogP contribution is -2.34. The van der Waals surface area contributed by atoms with Crippen LogP contribution >= 0.6 is 11.6 Å². The third kappa shape index (κ3) is 3.22. The fraction of sp³-hybridized carbons (Fsp3) is 0.462. The van der Waals surface area contributed by atoms with E-state index in [-0.39, 0.29) is 17.9 Å². The predicted molar refractivity (Wildman–Crippen MR) is 70.5 cm³/mol. The first-order valence-corrected chi connectivity index (χ1v) is 6.39. The first-order valence-electron chi connectivity index (χ1n) is 6.01. The molecule has 0 spiro atoms. The largest absolute Gasteiger partial charge is 0.392 e. The minimum atomic E-state index is -0.354. The summed E-state index contributed by atoms with van der Waals surface area (Å²) in [5, 5.41) is 10.1. The van der Waals surface area contributed by atoms with Crippen LogP contribution in [0.25, 0.3) is 0 Å². The molecular weight excluding hydrogens is 252 g/mol. The number of halogens is 1. The Morgan fingerprint density at radius 1 is 1.50 bits per heavy atom. The molecule has 4 nitrogen and oxygen atoms in total. The molecule has 1 heterocycles. The van der Waals surface area contributed by atoms with E-state index in [9.17, 15) is 9.90 Å². The summed E-state index contributed by atoms with van der Waals surface area (Å²) in [5.41, 5.74) is 6.33. The Kier molecular flexibility index (Phi) is 4.22. The smallest absolute Gasteiger partial charge is 0.226 e. The van der Waals surface area contributed by atoms with Crippen LogP contribution in [0.3, 0.4) is 0 Å². The van der Waals surface area contributed by atoms with Gasteiger partial charge < -0.3 is 10.8 Å². The number of primary amides is 1. The van der Waals surface area contributed by atoms with Gasteiger partial charge in [0, 0.05) is 24.7 Å². The van der Waals surface area contributed by atoms with Crippen molar-refractivity contribution in [2.45, 2.75) is 18.4 Å². The van der Waals surface area contributed by atoms with Gasteiger partial charge >= 0.3 is 0 Å². The van der Waals surface area contributed by atoms with E-state index >= 15 is 0 Å². The van der Waals surface area contributed by atoms with Crippen molar-refractivity contribution in [3.63, 3.8) is 0 Å². The van der Waals surface area contributed by atoms with Gasteiger partial charge in [-0.3, -0.25) is 9.69 Å². The molecule has 1 fully saturated rings. The van der Waals surface area contributed by atoms with Gasteiger partial charge in [0.15, 0.2) is 0 Å². The third-order valence-corrected chi connectivity index (χ3v) is 3.56. The van der Waals surface area contributed by atoms with Crippen LogP contribution in [0.4, 0.5) is 0 Å². The fourth-order valence-electron chi connectivity index (χ4n) is 2.29. The number of likely N-dealkylation sites (tertiary alicyclic amines) is 1. The highest BCUT2D eigenvalue weighted by Crippen LogP contribution is 2.21. The number of benzene rings is 1. The number of rotatable bonds is 4. The molecule has 0 radical (unpaired) electrons. The van der Waals surface area contributed by atoms with Crippen molar-refractivity contribution in [1.29, 1.82) is 0 Å². The molecule has 1 aromatic carbocycles. The van der Waals surface area contributed by atoms with Gasteiger partial charge in [-0.2, -0.15) is 0 Å². The second kappa shape index (κ2) is 5.69. The summed E-state index contributed by atoms with van der Waals surface area (Å²) in [6, 6.07) is 7.16. The van der Waals surface area contributed by atoms with Gasteiger partial charge in [-0.05, 0) is 24.1 Å². The van der Waals surface area contributed by atoms with E-state index in [4.69, 9.17) is 17.3 Å². The number of hydrogen-bond acceptors (Lipinski definition) is 3. The Labute approximate surface area is 111 Å². The van der Waals surface area contributed by atoms with E-state index in [1.165, 1.54) is 0 Å². The van der Waals surface area contributed by atoms with Crippen LogP contribution in [0, 0.1) is 0 Å². The summed E-state index contributed by atoms with van der Waals surface area (Å²) in [6.45, 7) is 1.96. The number of hydrogen-bond donors (Lipinski definition) is 2. The number of aliphatic hydroxyl groups excluding tert-OH is 1. The molecule has 1 aliphatic heterocycles. The molecule has 1 aliphatic rings. The standard InChI is InChI=1S/C13H17ClN2O2/c14-10-3-1-9(2-4-10)12(13(15)18)8-16-6-5-11(17)7-16/h1-4,11-12,17H,5-8H2,(H2,15,18)/t11?,12-/m0/s1. The van der Waals surface area contributed by atoms with E-state index in [1.807, 2.05) is 12.1 Å². The van der Waals surface area contributed by atoms with Gasteiger partial charge in [-0.1, -0.05) is 23.7 Å². The second-order valence-electron chi connectivity index (χ2n) is 4.71. The highest BCUT2D eigenvalue weighted by Gasteiger charge is 2.26. The van der Waals surface area contributed by atoms with E-state index < -0.39 is 0 Å². The first-order chi connectivity index (χ1) is 8.56. The van der Waals surface area contributed by atoms with Crippen molar-refractivity contribution in [3.05, 3.63) is 34.9 Å². The highest BCUT2D eigenvalue weighted by atomic mass is 35.5. The van der Waals surface area contributed by atoms with E-state index in [1.54, 1.807) is 12.1 Å². The number of nitrogens with two attached hydrogens (primary N) is 1. The maximum atomic E-state index is 11.6. The van der Waals surface area contributed by atoms with E-state index in [0.29, 0.717) is 18.1 Å². The Morgan fingerprint density at radius 2 is 2.17 bits per heavy atom. The lowest BCUT2D eigenvalue weighted by atomic mass is 9.98. The van der Waals surface area contributed by atoms with E-state index in [2.05, 4.69) is 4.90 Å². The lowest BCUT2D eigenvalue weighted by molar-refractivity contribution is -0.119.